The molecule has 0 radical (unpaired) electrons. The summed E-state index contributed by atoms with van der Waals surface area (Å²) in [6.07, 6.45) is 1.91. The molecule has 2 aromatic carbocycles. The first kappa shape index (κ1) is 22.5. The van der Waals surface area contributed by atoms with Gasteiger partial charge >= 0.3 is 0 Å². The normalized spacial score (nSPS) is 20.2. The number of carbonyl (C=O) groups is 2. The molecule has 0 aromatic heterocycles. The maximum atomic E-state index is 13.3. The first-order chi connectivity index (χ1) is 15.3. The zero-order chi connectivity index (χ0) is 22.7. The SMILES string of the molecule is CC(NC(=O)C(c1ccccc1)N1CCS(=O)(=O)CC1)c1ccc(NC(=O)C2CC2)cc1. The standard InChI is InChI=1S/C24H29N3O4S/c1-17(18-9-11-21(12-10-18)26-23(28)20-7-8-20)25-24(29)22(19-5-3-2-4-6-19)27-13-15-32(30,31)16-14-27/h2-6,9-12,17,20,22H,7-8,13-16H2,1H3,(H,25,29)(H,26,28). The van der Waals surface area contributed by atoms with Crippen molar-refractivity contribution >= 4 is 27.3 Å². The fourth-order valence-corrected chi connectivity index (χ4v) is 5.20. The van der Waals surface area contributed by atoms with Gasteiger partial charge < -0.3 is 10.6 Å². The van der Waals surface area contributed by atoms with E-state index in [0.29, 0.717) is 13.1 Å². The smallest absolute Gasteiger partial charge is 0.242 e. The van der Waals surface area contributed by atoms with Gasteiger partial charge in [-0.25, -0.2) is 8.42 Å². The molecule has 8 heteroatoms. The molecule has 2 N–H and O–H groups in total. The van der Waals surface area contributed by atoms with Crippen molar-refractivity contribution in [3.63, 3.8) is 0 Å². The minimum Gasteiger partial charge on any atom is -0.348 e. The van der Waals surface area contributed by atoms with Gasteiger partial charge in [0.15, 0.2) is 9.84 Å². The first-order valence-corrected chi connectivity index (χ1v) is 12.9. The molecule has 0 bridgehead atoms. The van der Waals surface area contributed by atoms with E-state index in [9.17, 15) is 18.0 Å². The van der Waals surface area contributed by atoms with E-state index < -0.39 is 15.9 Å². The van der Waals surface area contributed by atoms with Gasteiger partial charge in [0.25, 0.3) is 0 Å². The zero-order valence-electron chi connectivity index (χ0n) is 18.2. The van der Waals surface area contributed by atoms with Crippen LogP contribution < -0.4 is 10.6 Å². The lowest BCUT2D eigenvalue weighted by molar-refractivity contribution is -0.127. The van der Waals surface area contributed by atoms with Gasteiger partial charge in [-0.3, -0.25) is 14.5 Å². The third-order valence-corrected chi connectivity index (χ3v) is 7.70. The predicted molar refractivity (Wildman–Crippen MR) is 124 cm³/mol. The average molecular weight is 456 g/mol. The summed E-state index contributed by atoms with van der Waals surface area (Å²) in [7, 11) is -3.04. The summed E-state index contributed by atoms with van der Waals surface area (Å²) in [5, 5.41) is 6.00. The van der Waals surface area contributed by atoms with Crippen molar-refractivity contribution in [3.8, 4) is 0 Å². The fraction of sp³-hybridized carbons (Fsp3) is 0.417. The Bertz CT molecular complexity index is 1050. The second-order valence-corrected chi connectivity index (χ2v) is 10.9. The van der Waals surface area contributed by atoms with Gasteiger partial charge in [-0.15, -0.1) is 0 Å². The molecule has 2 amide bonds. The summed E-state index contributed by atoms with van der Waals surface area (Å²) in [6, 6.07) is 16.2. The molecule has 2 aromatic rings. The van der Waals surface area contributed by atoms with E-state index in [1.54, 1.807) is 0 Å². The van der Waals surface area contributed by atoms with E-state index in [2.05, 4.69) is 10.6 Å². The van der Waals surface area contributed by atoms with Crippen molar-refractivity contribution in [2.75, 3.05) is 29.9 Å². The van der Waals surface area contributed by atoms with Gasteiger partial charge in [-0.05, 0) is 43.0 Å². The first-order valence-electron chi connectivity index (χ1n) is 11.0. The number of hydrogen-bond acceptors (Lipinski definition) is 5. The van der Waals surface area contributed by atoms with Crippen molar-refractivity contribution in [3.05, 3.63) is 65.7 Å². The Morgan fingerprint density at radius 2 is 1.56 bits per heavy atom. The largest absolute Gasteiger partial charge is 0.348 e. The van der Waals surface area contributed by atoms with E-state index in [1.165, 1.54) is 0 Å². The van der Waals surface area contributed by atoms with Crippen LogP contribution in [0.2, 0.25) is 0 Å². The van der Waals surface area contributed by atoms with E-state index >= 15 is 0 Å². The van der Waals surface area contributed by atoms with E-state index in [-0.39, 0.29) is 35.3 Å². The fourth-order valence-electron chi connectivity index (χ4n) is 3.97. The van der Waals surface area contributed by atoms with Crippen molar-refractivity contribution in [2.24, 2.45) is 5.92 Å². The molecular weight excluding hydrogens is 426 g/mol. The second-order valence-electron chi connectivity index (χ2n) is 8.62. The molecule has 4 rings (SSSR count). The van der Waals surface area contributed by atoms with Gasteiger partial charge in [0, 0.05) is 24.7 Å². The molecule has 1 heterocycles. The summed E-state index contributed by atoms with van der Waals surface area (Å²) in [6.45, 7) is 2.58. The summed E-state index contributed by atoms with van der Waals surface area (Å²) < 4.78 is 23.7. The Balaban J connectivity index is 1.44. The average Bonchev–Trinajstić information content (AvgIpc) is 3.62. The summed E-state index contributed by atoms with van der Waals surface area (Å²) in [5.74, 6) is 0.176. The maximum absolute atomic E-state index is 13.3. The van der Waals surface area contributed by atoms with Crippen LogP contribution in [0.3, 0.4) is 0 Å². The van der Waals surface area contributed by atoms with Crippen LogP contribution in [0.25, 0.3) is 0 Å². The van der Waals surface area contributed by atoms with Crippen LogP contribution in [0, 0.1) is 5.92 Å². The number of anilines is 1. The Hall–Kier alpha value is -2.71. The van der Waals surface area contributed by atoms with Gasteiger partial charge in [-0.2, -0.15) is 0 Å². The summed E-state index contributed by atoms with van der Waals surface area (Å²) >= 11 is 0. The van der Waals surface area contributed by atoms with Gasteiger partial charge in [0.1, 0.15) is 6.04 Å². The lowest BCUT2D eigenvalue weighted by atomic mass is 10.0. The Labute approximate surface area is 189 Å². The van der Waals surface area contributed by atoms with E-state index in [4.69, 9.17) is 0 Å². The Morgan fingerprint density at radius 1 is 0.938 bits per heavy atom. The van der Waals surface area contributed by atoms with Crippen LogP contribution in [0.1, 0.15) is 43.0 Å². The molecule has 2 fully saturated rings. The van der Waals surface area contributed by atoms with Crippen LogP contribution in [0.4, 0.5) is 5.69 Å². The molecule has 2 aliphatic rings. The van der Waals surface area contributed by atoms with Crippen molar-refractivity contribution in [1.82, 2.24) is 10.2 Å². The van der Waals surface area contributed by atoms with Gasteiger partial charge in [0.2, 0.25) is 11.8 Å². The highest BCUT2D eigenvalue weighted by Crippen LogP contribution is 2.30. The highest BCUT2D eigenvalue weighted by Gasteiger charge is 2.33. The van der Waals surface area contributed by atoms with Crippen molar-refractivity contribution < 1.29 is 18.0 Å². The molecule has 2 atom stereocenters. The minimum atomic E-state index is -3.04. The Morgan fingerprint density at radius 3 is 2.16 bits per heavy atom. The number of rotatable bonds is 7. The molecule has 7 nitrogen and oxygen atoms in total. The molecule has 1 aliphatic heterocycles. The predicted octanol–water partition coefficient (Wildman–Crippen LogP) is 2.68. The molecular formula is C24H29N3O4S. The van der Waals surface area contributed by atoms with Crippen LogP contribution in [0.5, 0.6) is 0 Å². The minimum absolute atomic E-state index is 0.0627. The van der Waals surface area contributed by atoms with Crippen LogP contribution >= 0.6 is 0 Å². The number of benzene rings is 2. The topological polar surface area (TPSA) is 95.6 Å². The molecule has 1 saturated carbocycles. The summed E-state index contributed by atoms with van der Waals surface area (Å²) in [4.78, 5) is 27.2. The number of hydrogen-bond donors (Lipinski definition) is 2. The number of nitrogens with zero attached hydrogens (tertiary/aromatic N) is 1. The van der Waals surface area contributed by atoms with Crippen molar-refractivity contribution in [2.45, 2.75) is 31.8 Å². The molecule has 0 spiro atoms. The molecule has 2 unspecified atom stereocenters. The van der Waals surface area contributed by atoms with Gasteiger partial charge in [0.05, 0.1) is 17.5 Å². The zero-order valence-corrected chi connectivity index (χ0v) is 19.0. The highest BCUT2D eigenvalue weighted by molar-refractivity contribution is 7.91. The van der Waals surface area contributed by atoms with E-state index in [1.807, 2.05) is 66.4 Å². The van der Waals surface area contributed by atoms with Crippen molar-refractivity contribution in [1.29, 1.82) is 0 Å². The lowest BCUT2D eigenvalue weighted by Gasteiger charge is -2.34. The monoisotopic (exact) mass is 455 g/mol. The highest BCUT2D eigenvalue weighted by atomic mass is 32.2. The maximum Gasteiger partial charge on any atom is 0.242 e. The number of carbonyl (C=O) groups excluding carboxylic acids is 2. The third kappa shape index (κ3) is 5.55. The molecule has 1 aliphatic carbocycles. The molecule has 32 heavy (non-hydrogen) atoms. The summed E-state index contributed by atoms with van der Waals surface area (Å²) in [5.41, 5.74) is 2.52. The van der Waals surface area contributed by atoms with Crippen LogP contribution in [-0.4, -0.2) is 49.7 Å². The third-order valence-electron chi connectivity index (χ3n) is 6.09. The second kappa shape index (κ2) is 9.42. The quantitative estimate of drug-likeness (QED) is 0.669. The number of sulfone groups is 1. The van der Waals surface area contributed by atoms with E-state index in [0.717, 1.165) is 29.7 Å². The molecule has 170 valence electrons. The number of amides is 2. The molecule has 1 saturated heterocycles. The van der Waals surface area contributed by atoms with Crippen LogP contribution in [0.15, 0.2) is 54.6 Å². The van der Waals surface area contributed by atoms with Gasteiger partial charge in [-0.1, -0.05) is 42.5 Å². The number of nitrogens with one attached hydrogen (secondary N) is 2. The Kier molecular flexibility index (Phi) is 6.62. The lowest BCUT2D eigenvalue weighted by Crippen LogP contribution is -2.47. The van der Waals surface area contributed by atoms with Crippen LogP contribution in [-0.2, 0) is 19.4 Å².